The summed E-state index contributed by atoms with van der Waals surface area (Å²) in [6.45, 7) is 2.82. The summed E-state index contributed by atoms with van der Waals surface area (Å²) in [6, 6.07) is 14.5. The van der Waals surface area contributed by atoms with Gasteiger partial charge < -0.3 is 9.64 Å². The van der Waals surface area contributed by atoms with E-state index in [0.717, 1.165) is 25.1 Å². The lowest BCUT2D eigenvalue weighted by Gasteiger charge is -2.15. The molecule has 0 aliphatic carbocycles. The lowest BCUT2D eigenvalue weighted by Crippen LogP contribution is -2.23. The Morgan fingerprint density at radius 3 is 2.35 bits per heavy atom. The maximum Gasteiger partial charge on any atom is 0.343 e. The van der Waals surface area contributed by atoms with Gasteiger partial charge in [0.05, 0.1) is 5.56 Å². The van der Waals surface area contributed by atoms with Gasteiger partial charge in [0.25, 0.3) is 0 Å². The molecule has 3 rings (SSSR count). The Kier molecular flexibility index (Phi) is 4.42. The first-order valence-electron chi connectivity index (χ1n) is 7.89. The second-order valence-electron chi connectivity index (χ2n) is 5.58. The van der Waals surface area contributed by atoms with Crippen LogP contribution in [-0.2, 0) is 11.2 Å². The van der Waals surface area contributed by atoms with Gasteiger partial charge in [-0.3, -0.25) is 4.79 Å². The fraction of sp³-hybridized carbons (Fsp3) is 0.263. The molecule has 1 fully saturated rings. The Labute approximate surface area is 135 Å². The third kappa shape index (κ3) is 3.42. The summed E-state index contributed by atoms with van der Waals surface area (Å²) in [5.41, 5.74) is 2.56. The molecule has 4 nitrogen and oxygen atoms in total. The number of ether oxygens (including phenoxy) is 1. The van der Waals surface area contributed by atoms with Gasteiger partial charge in [0.1, 0.15) is 5.75 Å². The summed E-state index contributed by atoms with van der Waals surface area (Å²) in [5.74, 6) is 0.244. The van der Waals surface area contributed by atoms with Gasteiger partial charge in [-0.15, -0.1) is 0 Å². The zero-order valence-electron chi connectivity index (χ0n) is 13.1. The van der Waals surface area contributed by atoms with Gasteiger partial charge in [0.2, 0.25) is 5.91 Å². The van der Waals surface area contributed by atoms with Crippen molar-refractivity contribution in [3.05, 3.63) is 59.7 Å². The molecule has 2 aromatic carbocycles. The average molecular weight is 309 g/mol. The SMILES string of the molecule is CCc1ccc(C(=O)Oc2ccc(N3CCCC3=O)cc2)cc1. The normalized spacial score (nSPS) is 14.1. The van der Waals surface area contributed by atoms with Crippen LogP contribution in [0.2, 0.25) is 0 Å². The van der Waals surface area contributed by atoms with Crippen LogP contribution in [0.15, 0.2) is 48.5 Å². The van der Waals surface area contributed by atoms with Gasteiger partial charge in [-0.2, -0.15) is 0 Å². The quantitative estimate of drug-likeness (QED) is 0.640. The molecule has 1 aliphatic heterocycles. The highest BCUT2D eigenvalue weighted by molar-refractivity contribution is 5.95. The van der Waals surface area contributed by atoms with Crippen molar-refractivity contribution in [2.45, 2.75) is 26.2 Å². The van der Waals surface area contributed by atoms with Crippen molar-refractivity contribution in [1.82, 2.24) is 0 Å². The van der Waals surface area contributed by atoms with E-state index in [1.165, 1.54) is 5.56 Å². The molecule has 2 aromatic rings. The highest BCUT2D eigenvalue weighted by Crippen LogP contribution is 2.24. The number of anilines is 1. The van der Waals surface area contributed by atoms with Crippen molar-refractivity contribution < 1.29 is 14.3 Å². The van der Waals surface area contributed by atoms with E-state index in [2.05, 4.69) is 6.92 Å². The summed E-state index contributed by atoms with van der Waals surface area (Å²) in [6.07, 6.45) is 2.43. The molecule has 1 aliphatic rings. The summed E-state index contributed by atoms with van der Waals surface area (Å²) in [7, 11) is 0. The predicted octanol–water partition coefficient (Wildman–Crippen LogP) is 3.60. The largest absolute Gasteiger partial charge is 0.423 e. The van der Waals surface area contributed by atoms with Gasteiger partial charge in [0, 0.05) is 18.7 Å². The van der Waals surface area contributed by atoms with E-state index in [1.807, 2.05) is 24.3 Å². The van der Waals surface area contributed by atoms with E-state index >= 15 is 0 Å². The summed E-state index contributed by atoms with van der Waals surface area (Å²) in [5, 5.41) is 0. The van der Waals surface area contributed by atoms with Gasteiger partial charge in [-0.25, -0.2) is 4.79 Å². The number of carbonyl (C=O) groups excluding carboxylic acids is 2. The van der Waals surface area contributed by atoms with Crippen LogP contribution >= 0.6 is 0 Å². The van der Waals surface area contributed by atoms with Gasteiger partial charge in [-0.1, -0.05) is 19.1 Å². The Morgan fingerprint density at radius 2 is 1.78 bits per heavy atom. The molecule has 1 amide bonds. The molecule has 4 heteroatoms. The van der Waals surface area contributed by atoms with Crippen LogP contribution in [0.5, 0.6) is 5.75 Å². The molecule has 0 aromatic heterocycles. The molecule has 0 atom stereocenters. The molecule has 0 saturated carbocycles. The minimum Gasteiger partial charge on any atom is -0.423 e. The standard InChI is InChI=1S/C19H19NO3/c1-2-14-5-7-15(8-6-14)19(22)23-17-11-9-16(10-12-17)20-13-3-4-18(20)21/h5-12H,2-4,13H2,1H3. The third-order valence-electron chi connectivity index (χ3n) is 4.03. The molecule has 0 radical (unpaired) electrons. The van der Waals surface area contributed by atoms with E-state index < -0.39 is 0 Å². The highest BCUT2D eigenvalue weighted by atomic mass is 16.5. The molecule has 1 heterocycles. The summed E-state index contributed by atoms with van der Waals surface area (Å²) in [4.78, 5) is 25.6. The number of rotatable bonds is 4. The van der Waals surface area contributed by atoms with Crippen molar-refractivity contribution in [3.8, 4) is 5.75 Å². The van der Waals surface area contributed by atoms with Crippen LogP contribution in [0.3, 0.4) is 0 Å². The van der Waals surface area contributed by atoms with Crippen molar-refractivity contribution in [1.29, 1.82) is 0 Å². The van der Waals surface area contributed by atoms with Crippen LogP contribution in [-0.4, -0.2) is 18.4 Å². The van der Waals surface area contributed by atoms with Crippen molar-refractivity contribution in [2.24, 2.45) is 0 Å². The second kappa shape index (κ2) is 6.65. The van der Waals surface area contributed by atoms with E-state index in [4.69, 9.17) is 4.74 Å². The van der Waals surface area contributed by atoms with Crippen molar-refractivity contribution in [2.75, 3.05) is 11.4 Å². The van der Waals surface area contributed by atoms with Crippen molar-refractivity contribution in [3.63, 3.8) is 0 Å². The zero-order valence-corrected chi connectivity index (χ0v) is 13.1. The Bertz CT molecular complexity index is 704. The van der Waals surface area contributed by atoms with E-state index in [1.54, 1.807) is 29.2 Å². The number of hydrogen-bond acceptors (Lipinski definition) is 3. The van der Waals surface area contributed by atoms with Crippen LogP contribution in [0.25, 0.3) is 0 Å². The van der Waals surface area contributed by atoms with E-state index in [-0.39, 0.29) is 11.9 Å². The molecular formula is C19H19NO3. The van der Waals surface area contributed by atoms with Crippen LogP contribution in [0.4, 0.5) is 5.69 Å². The number of nitrogens with zero attached hydrogens (tertiary/aromatic N) is 1. The van der Waals surface area contributed by atoms with Crippen LogP contribution in [0, 0.1) is 0 Å². The molecule has 0 bridgehead atoms. The number of amides is 1. The Morgan fingerprint density at radius 1 is 1.09 bits per heavy atom. The van der Waals surface area contributed by atoms with Gasteiger partial charge >= 0.3 is 5.97 Å². The maximum absolute atomic E-state index is 12.1. The fourth-order valence-electron chi connectivity index (χ4n) is 2.66. The van der Waals surface area contributed by atoms with Crippen molar-refractivity contribution >= 4 is 17.6 Å². The first-order valence-corrected chi connectivity index (χ1v) is 7.89. The number of esters is 1. The Hall–Kier alpha value is -2.62. The van der Waals surface area contributed by atoms with E-state index in [9.17, 15) is 9.59 Å². The van der Waals surface area contributed by atoms with Gasteiger partial charge in [-0.05, 0) is 54.8 Å². The topological polar surface area (TPSA) is 46.6 Å². The molecule has 1 saturated heterocycles. The molecular weight excluding hydrogens is 290 g/mol. The number of benzene rings is 2. The Balaban J connectivity index is 1.67. The first-order chi connectivity index (χ1) is 11.2. The fourth-order valence-corrected chi connectivity index (χ4v) is 2.66. The minimum absolute atomic E-state index is 0.144. The summed E-state index contributed by atoms with van der Waals surface area (Å²) < 4.78 is 5.38. The lowest BCUT2D eigenvalue weighted by molar-refractivity contribution is -0.117. The molecule has 0 N–H and O–H groups in total. The predicted molar refractivity (Wildman–Crippen MR) is 88.8 cm³/mol. The minimum atomic E-state index is -0.377. The smallest absolute Gasteiger partial charge is 0.343 e. The zero-order chi connectivity index (χ0) is 16.2. The average Bonchev–Trinajstić information content (AvgIpc) is 3.01. The number of aryl methyl sites for hydroxylation is 1. The van der Waals surface area contributed by atoms with E-state index in [0.29, 0.717) is 17.7 Å². The monoisotopic (exact) mass is 309 g/mol. The third-order valence-corrected chi connectivity index (χ3v) is 4.03. The highest BCUT2D eigenvalue weighted by Gasteiger charge is 2.21. The maximum atomic E-state index is 12.1. The molecule has 118 valence electrons. The molecule has 0 unspecified atom stereocenters. The lowest BCUT2D eigenvalue weighted by atomic mass is 10.1. The first kappa shape index (κ1) is 15.3. The van der Waals surface area contributed by atoms with Crippen LogP contribution < -0.4 is 9.64 Å². The van der Waals surface area contributed by atoms with Gasteiger partial charge in [0.15, 0.2) is 0 Å². The number of hydrogen-bond donors (Lipinski definition) is 0. The van der Waals surface area contributed by atoms with Crippen LogP contribution in [0.1, 0.15) is 35.7 Å². The molecule has 0 spiro atoms. The summed E-state index contributed by atoms with van der Waals surface area (Å²) >= 11 is 0. The second-order valence-corrected chi connectivity index (χ2v) is 5.58. The number of carbonyl (C=O) groups is 2. The molecule has 23 heavy (non-hydrogen) atoms.